The highest BCUT2D eigenvalue weighted by atomic mass is 16.5. The molecule has 0 saturated carbocycles. The van der Waals surface area contributed by atoms with Gasteiger partial charge in [-0.3, -0.25) is 9.88 Å². The Hall–Kier alpha value is -1.91. The van der Waals surface area contributed by atoms with Crippen molar-refractivity contribution in [2.75, 3.05) is 13.2 Å². The van der Waals surface area contributed by atoms with Gasteiger partial charge in [0.15, 0.2) is 0 Å². The zero-order chi connectivity index (χ0) is 13.8. The van der Waals surface area contributed by atoms with Crippen LogP contribution in [0.1, 0.15) is 16.8 Å². The van der Waals surface area contributed by atoms with Gasteiger partial charge in [0.25, 0.3) is 0 Å². The molecule has 1 aliphatic heterocycles. The molecule has 0 fully saturated rings. The Morgan fingerprint density at radius 1 is 1.20 bits per heavy atom. The van der Waals surface area contributed by atoms with Crippen molar-refractivity contribution in [1.29, 1.82) is 0 Å². The van der Waals surface area contributed by atoms with E-state index in [2.05, 4.69) is 28.1 Å². The summed E-state index contributed by atoms with van der Waals surface area (Å²) in [4.78, 5) is 6.72. The largest absolute Gasteiger partial charge is 0.492 e. The molecule has 4 heteroatoms. The molecule has 3 rings (SSSR count). The molecule has 0 bridgehead atoms. The summed E-state index contributed by atoms with van der Waals surface area (Å²) in [6.45, 7) is 3.87. The maximum absolute atomic E-state index is 5.79. The number of fused-ring (bicyclic) bond motifs is 1. The van der Waals surface area contributed by atoms with E-state index in [9.17, 15) is 0 Å². The number of para-hydroxylation sites is 1. The number of ether oxygens (including phenoxy) is 1. The van der Waals surface area contributed by atoms with Gasteiger partial charge in [0.1, 0.15) is 12.4 Å². The maximum atomic E-state index is 5.79. The van der Waals surface area contributed by atoms with Crippen molar-refractivity contribution in [3.05, 3.63) is 59.4 Å². The van der Waals surface area contributed by atoms with Crippen molar-refractivity contribution in [1.82, 2.24) is 9.88 Å². The third kappa shape index (κ3) is 2.81. The second kappa shape index (κ2) is 6.03. The highest BCUT2D eigenvalue weighted by Gasteiger charge is 2.16. The summed E-state index contributed by atoms with van der Waals surface area (Å²) < 4.78 is 5.79. The first kappa shape index (κ1) is 13.1. The Bertz CT molecular complexity index is 585. The molecule has 1 aliphatic rings. The highest BCUT2D eigenvalue weighted by Crippen LogP contribution is 2.23. The van der Waals surface area contributed by atoms with Crippen LogP contribution in [0.5, 0.6) is 5.75 Å². The maximum Gasteiger partial charge on any atom is 0.123 e. The fourth-order valence-electron chi connectivity index (χ4n) is 2.55. The summed E-state index contributed by atoms with van der Waals surface area (Å²) in [6.07, 6.45) is 1.80. The van der Waals surface area contributed by atoms with Crippen LogP contribution >= 0.6 is 0 Å². The molecule has 0 atom stereocenters. The van der Waals surface area contributed by atoms with Gasteiger partial charge in [0.05, 0.1) is 5.69 Å². The summed E-state index contributed by atoms with van der Waals surface area (Å²) in [6, 6.07) is 12.3. The summed E-state index contributed by atoms with van der Waals surface area (Å²) in [7, 11) is 0. The number of nitrogens with two attached hydrogens (primary N) is 1. The van der Waals surface area contributed by atoms with E-state index in [1.165, 1.54) is 11.1 Å². The third-order valence-electron chi connectivity index (χ3n) is 3.60. The first-order valence-corrected chi connectivity index (χ1v) is 6.92. The van der Waals surface area contributed by atoms with Gasteiger partial charge in [-0.15, -0.1) is 0 Å². The number of pyridine rings is 1. The monoisotopic (exact) mass is 269 g/mol. The first-order valence-electron chi connectivity index (χ1n) is 6.92. The summed E-state index contributed by atoms with van der Waals surface area (Å²) in [5.74, 6) is 1.00. The number of rotatable bonds is 3. The van der Waals surface area contributed by atoms with Crippen molar-refractivity contribution in [2.45, 2.75) is 19.6 Å². The van der Waals surface area contributed by atoms with Gasteiger partial charge in [-0.2, -0.15) is 0 Å². The Morgan fingerprint density at radius 2 is 2.10 bits per heavy atom. The molecule has 1 aromatic carbocycles. The van der Waals surface area contributed by atoms with E-state index >= 15 is 0 Å². The SMILES string of the molecule is NCc1ncccc1CN1CCOc2ccccc2C1. The van der Waals surface area contributed by atoms with Crippen molar-refractivity contribution in [3.63, 3.8) is 0 Å². The Labute approximate surface area is 119 Å². The Balaban J connectivity index is 1.78. The number of benzene rings is 1. The lowest BCUT2D eigenvalue weighted by molar-refractivity contribution is 0.219. The van der Waals surface area contributed by atoms with E-state index in [0.29, 0.717) is 6.54 Å². The van der Waals surface area contributed by atoms with E-state index in [-0.39, 0.29) is 0 Å². The van der Waals surface area contributed by atoms with Gasteiger partial charge < -0.3 is 10.5 Å². The van der Waals surface area contributed by atoms with Crippen LogP contribution < -0.4 is 10.5 Å². The molecule has 2 N–H and O–H groups in total. The standard InChI is InChI=1S/C16H19N3O/c17-10-15-13(5-3-7-18-15)11-19-8-9-20-16-6-2-1-4-14(16)12-19/h1-7H,8-12,17H2. The minimum atomic E-state index is 0.483. The van der Waals surface area contributed by atoms with E-state index in [0.717, 1.165) is 37.7 Å². The van der Waals surface area contributed by atoms with E-state index in [4.69, 9.17) is 10.5 Å². The lowest BCUT2D eigenvalue weighted by atomic mass is 10.1. The number of hydrogen-bond acceptors (Lipinski definition) is 4. The molecule has 0 saturated heterocycles. The summed E-state index contributed by atoms with van der Waals surface area (Å²) in [5, 5.41) is 0. The topological polar surface area (TPSA) is 51.4 Å². The second-order valence-electron chi connectivity index (χ2n) is 4.98. The highest BCUT2D eigenvalue weighted by molar-refractivity contribution is 5.34. The van der Waals surface area contributed by atoms with E-state index in [1.807, 2.05) is 18.2 Å². The molecule has 2 aromatic rings. The average Bonchev–Trinajstić information content (AvgIpc) is 2.69. The zero-order valence-electron chi connectivity index (χ0n) is 11.5. The second-order valence-corrected chi connectivity index (χ2v) is 4.98. The van der Waals surface area contributed by atoms with Crippen LogP contribution in [0, 0.1) is 0 Å². The predicted molar refractivity (Wildman–Crippen MR) is 78.2 cm³/mol. The van der Waals surface area contributed by atoms with Crippen LogP contribution in [0.15, 0.2) is 42.6 Å². The van der Waals surface area contributed by atoms with Crippen molar-refractivity contribution >= 4 is 0 Å². The predicted octanol–water partition coefficient (Wildman–Crippen LogP) is 1.93. The lowest BCUT2D eigenvalue weighted by Crippen LogP contribution is -2.26. The quantitative estimate of drug-likeness (QED) is 0.925. The number of aromatic nitrogens is 1. The molecule has 1 aromatic heterocycles. The van der Waals surface area contributed by atoms with Gasteiger partial charge in [0, 0.05) is 37.9 Å². The molecule has 0 aliphatic carbocycles. The minimum absolute atomic E-state index is 0.483. The van der Waals surface area contributed by atoms with Gasteiger partial charge in [0.2, 0.25) is 0 Å². The molecule has 0 radical (unpaired) electrons. The Morgan fingerprint density at radius 3 is 3.00 bits per heavy atom. The zero-order valence-corrected chi connectivity index (χ0v) is 11.5. The molecule has 2 heterocycles. The molecule has 4 nitrogen and oxygen atoms in total. The van der Waals surface area contributed by atoms with Crippen molar-refractivity contribution in [3.8, 4) is 5.75 Å². The van der Waals surface area contributed by atoms with Gasteiger partial charge >= 0.3 is 0 Å². The molecule has 0 unspecified atom stereocenters. The van der Waals surface area contributed by atoms with Crippen LogP contribution in [-0.2, 0) is 19.6 Å². The molecular weight excluding hydrogens is 250 g/mol. The fourth-order valence-corrected chi connectivity index (χ4v) is 2.55. The molecule has 104 valence electrons. The number of hydrogen-bond donors (Lipinski definition) is 1. The fraction of sp³-hybridized carbons (Fsp3) is 0.312. The molecule has 20 heavy (non-hydrogen) atoms. The lowest BCUT2D eigenvalue weighted by Gasteiger charge is -2.20. The molecular formula is C16H19N3O. The molecule has 0 spiro atoms. The smallest absolute Gasteiger partial charge is 0.123 e. The molecule has 0 amide bonds. The van der Waals surface area contributed by atoms with Crippen LogP contribution in [0.25, 0.3) is 0 Å². The van der Waals surface area contributed by atoms with Crippen LogP contribution in [-0.4, -0.2) is 23.0 Å². The van der Waals surface area contributed by atoms with E-state index < -0.39 is 0 Å². The van der Waals surface area contributed by atoms with Gasteiger partial charge in [-0.1, -0.05) is 24.3 Å². The van der Waals surface area contributed by atoms with Crippen LogP contribution in [0.3, 0.4) is 0 Å². The Kier molecular flexibility index (Phi) is 3.95. The van der Waals surface area contributed by atoms with Crippen LogP contribution in [0.4, 0.5) is 0 Å². The van der Waals surface area contributed by atoms with Crippen LogP contribution in [0.2, 0.25) is 0 Å². The van der Waals surface area contributed by atoms with E-state index in [1.54, 1.807) is 6.20 Å². The van der Waals surface area contributed by atoms with Gasteiger partial charge in [-0.25, -0.2) is 0 Å². The minimum Gasteiger partial charge on any atom is -0.492 e. The average molecular weight is 269 g/mol. The number of nitrogens with zero attached hydrogens (tertiary/aromatic N) is 2. The van der Waals surface area contributed by atoms with Crippen molar-refractivity contribution < 1.29 is 4.74 Å². The van der Waals surface area contributed by atoms with Crippen molar-refractivity contribution in [2.24, 2.45) is 5.73 Å². The summed E-state index contributed by atoms with van der Waals surface area (Å²) in [5.41, 5.74) is 9.18. The first-order chi connectivity index (χ1) is 9.86. The van der Waals surface area contributed by atoms with Gasteiger partial charge in [-0.05, 0) is 17.7 Å². The normalized spacial score (nSPS) is 15.2. The summed E-state index contributed by atoms with van der Waals surface area (Å²) >= 11 is 0. The third-order valence-corrected chi connectivity index (χ3v) is 3.60.